The number of hydrogen-bond acceptors (Lipinski definition) is 3. The van der Waals surface area contributed by atoms with Crippen molar-refractivity contribution in [1.29, 1.82) is 0 Å². The molecule has 2 N–H and O–H groups in total. The van der Waals surface area contributed by atoms with E-state index < -0.39 is 24.1 Å². The average molecular weight is 312 g/mol. The normalized spacial score (nSPS) is 14.6. The molecule has 0 spiro atoms. The first-order valence-electron chi connectivity index (χ1n) is 5.49. The van der Waals surface area contributed by atoms with Crippen LogP contribution in [0.1, 0.15) is 13.3 Å². The van der Waals surface area contributed by atoms with Crippen molar-refractivity contribution in [2.24, 2.45) is 0 Å². The van der Waals surface area contributed by atoms with E-state index in [1.54, 1.807) is 0 Å². The van der Waals surface area contributed by atoms with Crippen molar-refractivity contribution in [3.63, 3.8) is 0 Å². The van der Waals surface area contributed by atoms with Gasteiger partial charge in [-0.1, -0.05) is 11.6 Å². The first-order chi connectivity index (χ1) is 9.06. The van der Waals surface area contributed by atoms with Gasteiger partial charge in [-0.15, -0.1) is 0 Å². The number of alkyl halides is 3. The first-order valence-corrected chi connectivity index (χ1v) is 5.87. The molecule has 0 bridgehead atoms. The van der Waals surface area contributed by atoms with Gasteiger partial charge in [-0.25, -0.2) is 0 Å². The quantitative estimate of drug-likeness (QED) is 0.898. The third-order valence-corrected chi connectivity index (χ3v) is 2.79. The Hall–Kier alpha value is -1.47. The molecule has 0 aliphatic heterocycles. The molecule has 0 saturated heterocycles. The number of benzene rings is 1. The van der Waals surface area contributed by atoms with Crippen LogP contribution in [-0.2, 0) is 4.79 Å². The van der Waals surface area contributed by atoms with Crippen LogP contribution >= 0.6 is 11.6 Å². The number of aliphatic hydroxyl groups is 1. The van der Waals surface area contributed by atoms with Gasteiger partial charge in [0, 0.05) is 5.02 Å². The molecule has 0 radical (unpaired) electrons. The summed E-state index contributed by atoms with van der Waals surface area (Å²) < 4.78 is 42.3. The summed E-state index contributed by atoms with van der Waals surface area (Å²) in [6.07, 6.45) is -6.03. The second-order valence-corrected chi connectivity index (χ2v) is 4.78. The molecule has 0 unspecified atom stereocenters. The van der Waals surface area contributed by atoms with Crippen LogP contribution in [0, 0.1) is 0 Å². The Kier molecular flexibility index (Phi) is 4.88. The van der Waals surface area contributed by atoms with Crippen LogP contribution < -0.4 is 10.1 Å². The number of hydrogen-bond donors (Lipinski definition) is 2. The predicted molar refractivity (Wildman–Crippen MR) is 67.9 cm³/mol. The molecule has 1 amide bonds. The van der Waals surface area contributed by atoms with Crippen molar-refractivity contribution in [2.45, 2.75) is 25.1 Å². The number of ether oxygens (including phenoxy) is 1. The Bertz CT molecular complexity index is 503. The zero-order chi connectivity index (χ0) is 15.6. The van der Waals surface area contributed by atoms with E-state index in [1.165, 1.54) is 25.3 Å². The summed E-state index contributed by atoms with van der Waals surface area (Å²) >= 11 is 5.73. The van der Waals surface area contributed by atoms with Crippen LogP contribution in [0.3, 0.4) is 0 Å². The molecular weight excluding hydrogens is 299 g/mol. The SMILES string of the molecule is COc1ccc(Cl)cc1NC(=O)C[C@](C)(O)C(F)(F)F. The molecular formula is C12H13ClF3NO3. The summed E-state index contributed by atoms with van der Waals surface area (Å²) in [6.45, 7) is 0.530. The van der Waals surface area contributed by atoms with E-state index in [9.17, 15) is 23.1 Å². The van der Waals surface area contributed by atoms with Crippen molar-refractivity contribution in [2.75, 3.05) is 12.4 Å². The Balaban J connectivity index is 2.84. The number of carbonyl (C=O) groups is 1. The number of nitrogens with one attached hydrogen (secondary N) is 1. The summed E-state index contributed by atoms with van der Waals surface area (Å²) in [6, 6.07) is 4.29. The second-order valence-electron chi connectivity index (χ2n) is 4.34. The van der Waals surface area contributed by atoms with E-state index in [-0.39, 0.29) is 16.5 Å². The van der Waals surface area contributed by atoms with Gasteiger partial charge in [0.05, 0.1) is 19.2 Å². The number of carbonyl (C=O) groups excluding carboxylic acids is 1. The number of halogens is 4. The number of methoxy groups -OCH3 is 1. The average Bonchev–Trinajstić information content (AvgIpc) is 2.26. The van der Waals surface area contributed by atoms with Gasteiger partial charge in [0.15, 0.2) is 5.60 Å². The van der Waals surface area contributed by atoms with Crippen LogP contribution in [-0.4, -0.2) is 29.9 Å². The maximum absolute atomic E-state index is 12.5. The van der Waals surface area contributed by atoms with Crippen LogP contribution in [0.5, 0.6) is 5.75 Å². The lowest BCUT2D eigenvalue weighted by Gasteiger charge is -2.25. The van der Waals surface area contributed by atoms with Crippen LogP contribution in [0.25, 0.3) is 0 Å². The van der Waals surface area contributed by atoms with E-state index in [1.807, 2.05) is 0 Å². The van der Waals surface area contributed by atoms with Gasteiger partial charge < -0.3 is 15.2 Å². The highest BCUT2D eigenvalue weighted by Gasteiger charge is 2.51. The summed E-state index contributed by atoms with van der Waals surface area (Å²) in [4.78, 5) is 11.6. The molecule has 0 aliphatic carbocycles. The monoisotopic (exact) mass is 311 g/mol. The molecule has 0 heterocycles. The topological polar surface area (TPSA) is 58.6 Å². The lowest BCUT2D eigenvalue weighted by molar-refractivity contribution is -0.252. The molecule has 8 heteroatoms. The van der Waals surface area contributed by atoms with Gasteiger partial charge in [0.2, 0.25) is 5.91 Å². The Morgan fingerprint density at radius 3 is 2.55 bits per heavy atom. The van der Waals surface area contributed by atoms with Crippen molar-refractivity contribution < 1.29 is 27.8 Å². The highest BCUT2D eigenvalue weighted by atomic mass is 35.5. The molecule has 1 aromatic carbocycles. The Morgan fingerprint density at radius 1 is 1.45 bits per heavy atom. The van der Waals surface area contributed by atoms with Crippen molar-refractivity contribution >= 4 is 23.2 Å². The van der Waals surface area contributed by atoms with E-state index in [0.29, 0.717) is 6.92 Å². The maximum atomic E-state index is 12.5. The zero-order valence-corrected chi connectivity index (χ0v) is 11.5. The van der Waals surface area contributed by atoms with Crippen LogP contribution in [0.2, 0.25) is 5.02 Å². The standard InChI is InChI=1S/C12H13ClF3NO3/c1-11(19,12(14,15)16)6-10(18)17-8-5-7(13)3-4-9(8)20-2/h3-5,19H,6H2,1-2H3,(H,17,18)/t11-/m0/s1. The molecule has 0 aliphatic rings. The van der Waals surface area contributed by atoms with Crippen LogP contribution in [0.15, 0.2) is 18.2 Å². The second kappa shape index (κ2) is 5.88. The third-order valence-electron chi connectivity index (χ3n) is 2.55. The minimum absolute atomic E-state index is 0.128. The molecule has 20 heavy (non-hydrogen) atoms. The van der Waals surface area contributed by atoms with Gasteiger partial charge in [0.25, 0.3) is 0 Å². The third kappa shape index (κ3) is 4.01. The molecule has 4 nitrogen and oxygen atoms in total. The van der Waals surface area contributed by atoms with Crippen molar-refractivity contribution in [3.05, 3.63) is 23.2 Å². The molecule has 1 aromatic rings. The largest absolute Gasteiger partial charge is 0.495 e. The lowest BCUT2D eigenvalue weighted by atomic mass is 10.0. The minimum atomic E-state index is -4.90. The van der Waals surface area contributed by atoms with Crippen molar-refractivity contribution in [3.8, 4) is 5.75 Å². The Labute approximate surface area is 118 Å². The molecule has 1 rings (SSSR count). The fourth-order valence-electron chi connectivity index (χ4n) is 1.39. The van der Waals surface area contributed by atoms with E-state index in [2.05, 4.69) is 5.32 Å². The van der Waals surface area contributed by atoms with E-state index in [0.717, 1.165) is 0 Å². The minimum Gasteiger partial charge on any atom is -0.495 e. The van der Waals surface area contributed by atoms with Gasteiger partial charge in [-0.3, -0.25) is 4.79 Å². The molecule has 0 aromatic heterocycles. The van der Waals surface area contributed by atoms with Crippen LogP contribution in [0.4, 0.5) is 18.9 Å². The number of anilines is 1. The predicted octanol–water partition coefficient (Wildman–Crippen LogP) is 2.99. The highest BCUT2D eigenvalue weighted by molar-refractivity contribution is 6.31. The Morgan fingerprint density at radius 2 is 2.05 bits per heavy atom. The fourth-order valence-corrected chi connectivity index (χ4v) is 1.56. The first kappa shape index (κ1) is 16.6. The summed E-state index contributed by atoms with van der Waals surface area (Å²) in [5.41, 5.74) is -2.98. The van der Waals surface area contributed by atoms with Gasteiger partial charge in [0.1, 0.15) is 5.75 Å². The van der Waals surface area contributed by atoms with Gasteiger partial charge in [-0.2, -0.15) is 13.2 Å². The molecule has 1 atom stereocenters. The summed E-state index contributed by atoms with van der Waals surface area (Å²) in [7, 11) is 1.34. The highest BCUT2D eigenvalue weighted by Crippen LogP contribution is 2.33. The smallest absolute Gasteiger partial charge is 0.417 e. The lowest BCUT2D eigenvalue weighted by Crippen LogP contribution is -2.44. The summed E-state index contributed by atoms with van der Waals surface area (Å²) in [5.74, 6) is -0.762. The fraction of sp³-hybridized carbons (Fsp3) is 0.417. The summed E-state index contributed by atoms with van der Waals surface area (Å²) in [5, 5.41) is 11.7. The maximum Gasteiger partial charge on any atom is 0.417 e. The van der Waals surface area contributed by atoms with Gasteiger partial charge in [-0.05, 0) is 25.1 Å². The molecule has 0 saturated carbocycles. The van der Waals surface area contributed by atoms with E-state index in [4.69, 9.17) is 16.3 Å². The number of amides is 1. The number of rotatable bonds is 4. The van der Waals surface area contributed by atoms with E-state index >= 15 is 0 Å². The van der Waals surface area contributed by atoms with Gasteiger partial charge >= 0.3 is 6.18 Å². The zero-order valence-electron chi connectivity index (χ0n) is 10.7. The van der Waals surface area contributed by atoms with Crippen molar-refractivity contribution in [1.82, 2.24) is 0 Å². The molecule has 112 valence electrons. The molecule has 0 fully saturated rings.